The summed E-state index contributed by atoms with van der Waals surface area (Å²) >= 11 is 0. The predicted molar refractivity (Wildman–Crippen MR) is 111 cm³/mol. The van der Waals surface area contributed by atoms with Crippen molar-refractivity contribution in [3.05, 3.63) is 65.2 Å². The molecular weight excluding hydrogens is 374 g/mol. The number of aliphatic hydroxyl groups is 1. The van der Waals surface area contributed by atoms with Crippen LogP contribution in [0.15, 0.2) is 48.5 Å². The summed E-state index contributed by atoms with van der Waals surface area (Å²) in [5.74, 6) is 1.15. The number of benzene rings is 2. The summed E-state index contributed by atoms with van der Waals surface area (Å²) in [5, 5.41) is 10.6. The molecule has 1 fully saturated rings. The van der Waals surface area contributed by atoms with Gasteiger partial charge in [-0.3, -0.25) is 4.90 Å². The van der Waals surface area contributed by atoms with Gasteiger partial charge in [0.05, 0.1) is 11.5 Å². The van der Waals surface area contributed by atoms with Crippen LogP contribution in [-0.2, 0) is 16.4 Å². The van der Waals surface area contributed by atoms with Crippen LogP contribution in [0, 0.1) is 13.8 Å². The molecule has 5 nitrogen and oxygen atoms in total. The fourth-order valence-electron chi connectivity index (χ4n) is 3.61. The van der Waals surface area contributed by atoms with Crippen LogP contribution in [0.25, 0.3) is 0 Å². The zero-order valence-electron chi connectivity index (χ0n) is 16.5. The lowest BCUT2D eigenvalue weighted by Crippen LogP contribution is -2.42. The third-order valence-electron chi connectivity index (χ3n) is 5.38. The summed E-state index contributed by atoms with van der Waals surface area (Å²) in [6.45, 7) is 5.19. The second kappa shape index (κ2) is 9.07. The molecule has 1 heterocycles. The SMILES string of the molecule is Cc1cccc(OCC(O)CN(Cc2ccccc2)C2CCS(=O)(=O)C2)c1C. The van der Waals surface area contributed by atoms with Crippen LogP contribution in [0.3, 0.4) is 0 Å². The van der Waals surface area contributed by atoms with E-state index in [0.717, 1.165) is 22.4 Å². The van der Waals surface area contributed by atoms with E-state index in [0.29, 0.717) is 19.5 Å². The van der Waals surface area contributed by atoms with Crippen molar-refractivity contribution in [1.29, 1.82) is 0 Å². The Morgan fingerprint density at radius 3 is 2.57 bits per heavy atom. The predicted octanol–water partition coefficient (Wildman–Crippen LogP) is 2.73. The van der Waals surface area contributed by atoms with E-state index in [1.54, 1.807) is 0 Å². The summed E-state index contributed by atoms with van der Waals surface area (Å²) in [5.41, 5.74) is 3.32. The van der Waals surface area contributed by atoms with Crippen LogP contribution in [0.4, 0.5) is 0 Å². The van der Waals surface area contributed by atoms with Gasteiger partial charge in [0, 0.05) is 19.1 Å². The van der Waals surface area contributed by atoms with Crippen LogP contribution < -0.4 is 4.74 Å². The molecule has 0 radical (unpaired) electrons. The molecule has 1 saturated heterocycles. The van der Waals surface area contributed by atoms with Gasteiger partial charge in [0.25, 0.3) is 0 Å². The molecule has 0 bridgehead atoms. The van der Waals surface area contributed by atoms with Crippen LogP contribution in [0.5, 0.6) is 5.75 Å². The number of sulfone groups is 1. The molecule has 1 aliphatic rings. The van der Waals surface area contributed by atoms with Gasteiger partial charge in [-0.1, -0.05) is 42.5 Å². The lowest BCUT2D eigenvalue weighted by Gasteiger charge is -2.30. The van der Waals surface area contributed by atoms with Crippen molar-refractivity contribution in [1.82, 2.24) is 4.90 Å². The molecule has 0 amide bonds. The molecule has 2 atom stereocenters. The van der Waals surface area contributed by atoms with Gasteiger partial charge in [-0.05, 0) is 43.0 Å². The molecule has 6 heteroatoms. The van der Waals surface area contributed by atoms with Crippen LogP contribution in [-0.4, -0.2) is 55.2 Å². The molecular formula is C22H29NO4S. The lowest BCUT2D eigenvalue weighted by atomic mass is 10.1. The molecule has 2 unspecified atom stereocenters. The summed E-state index contributed by atoms with van der Waals surface area (Å²) in [6, 6.07) is 15.8. The van der Waals surface area contributed by atoms with Gasteiger partial charge in [-0.15, -0.1) is 0 Å². The average Bonchev–Trinajstić information content (AvgIpc) is 3.03. The summed E-state index contributed by atoms with van der Waals surface area (Å²) in [4.78, 5) is 2.08. The number of rotatable bonds is 8. The molecule has 0 spiro atoms. The van der Waals surface area contributed by atoms with Gasteiger partial charge in [-0.2, -0.15) is 0 Å². The molecule has 1 N–H and O–H groups in total. The Labute approximate surface area is 167 Å². The Morgan fingerprint density at radius 1 is 1.14 bits per heavy atom. The van der Waals surface area contributed by atoms with Gasteiger partial charge in [-0.25, -0.2) is 8.42 Å². The second-order valence-corrected chi connectivity index (χ2v) is 9.86. The highest BCUT2D eigenvalue weighted by molar-refractivity contribution is 7.91. The largest absolute Gasteiger partial charge is 0.491 e. The minimum atomic E-state index is -2.99. The summed E-state index contributed by atoms with van der Waals surface area (Å²) in [7, 11) is -2.99. The van der Waals surface area contributed by atoms with Gasteiger partial charge in [0.15, 0.2) is 9.84 Å². The summed E-state index contributed by atoms with van der Waals surface area (Å²) in [6.07, 6.45) is -0.0911. The fourth-order valence-corrected chi connectivity index (χ4v) is 5.38. The van der Waals surface area contributed by atoms with Crippen LogP contribution in [0.2, 0.25) is 0 Å². The van der Waals surface area contributed by atoms with E-state index in [1.807, 2.05) is 62.4 Å². The Kier molecular flexibility index (Phi) is 6.75. The molecule has 152 valence electrons. The lowest BCUT2D eigenvalue weighted by molar-refractivity contribution is 0.0522. The zero-order valence-corrected chi connectivity index (χ0v) is 17.4. The number of aryl methyl sites for hydroxylation is 1. The number of hydrogen-bond donors (Lipinski definition) is 1. The molecule has 0 saturated carbocycles. The number of nitrogens with zero attached hydrogens (tertiary/aromatic N) is 1. The smallest absolute Gasteiger partial charge is 0.151 e. The van der Waals surface area contributed by atoms with Crippen molar-refractivity contribution in [2.75, 3.05) is 24.7 Å². The molecule has 28 heavy (non-hydrogen) atoms. The topological polar surface area (TPSA) is 66.8 Å². The molecule has 3 rings (SSSR count). The average molecular weight is 404 g/mol. The molecule has 0 aliphatic carbocycles. The van der Waals surface area contributed by atoms with E-state index in [9.17, 15) is 13.5 Å². The zero-order chi connectivity index (χ0) is 20.1. The maximum Gasteiger partial charge on any atom is 0.151 e. The van der Waals surface area contributed by atoms with Crippen molar-refractivity contribution in [2.45, 2.75) is 39.0 Å². The third-order valence-corrected chi connectivity index (χ3v) is 7.14. The highest BCUT2D eigenvalue weighted by atomic mass is 32.2. The third kappa shape index (κ3) is 5.56. The van der Waals surface area contributed by atoms with Crippen molar-refractivity contribution >= 4 is 9.84 Å². The summed E-state index contributed by atoms with van der Waals surface area (Å²) < 4.78 is 29.7. The normalized spacial score (nSPS) is 19.6. The van der Waals surface area contributed by atoms with Crippen LogP contribution in [0.1, 0.15) is 23.1 Å². The first-order valence-corrected chi connectivity index (χ1v) is 11.5. The van der Waals surface area contributed by atoms with Crippen molar-refractivity contribution in [2.24, 2.45) is 0 Å². The van der Waals surface area contributed by atoms with Crippen LogP contribution >= 0.6 is 0 Å². The van der Waals surface area contributed by atoms with E-state index in [4.69, 9.17) is 4.74 Å². The van der Waals surface area contributed by atoms with Gasteiger partial charge < -0.3 is 9.84 Å². The highest BCUT2D eigenvalue weighted by Crippen LogP contribution is 2.22. The van der Waals surface area contributed by atoms with E-state index < -0.39 is 15.9 Å². The van der Waals surface area contributed by atoms with Gasteiger partial charge in [0.1, 0.15) is 18.5 Å². The second-order valence-electron chi connectivity index (χ2n) is 7.63. The van der Waals surface area contributed by atoms with Crippen molar-refractivity contribution in [3.8, 4) is 5.75 Å². The van der Waals surface area contributed by atoms with E-state index in [-0.39, 0.29) is 24.2 Å². The number of hydrogen-bond acceptors (Lipinski definition) is 5. The first-order chi connectivity index (χ1) is 13.3. The molecule has 2 aromatic rings. The molecule has 2 aromatic carbocycles. The van der Waals surface area contributed by atoms with Crippen molar-refractivity contribution in [3.63, 3.8) is 0 Å². The first kappa shape index (κ1) is 20.8. The standard InChI is InChI=1S/C22H29NO4S/c1-17-7-6-10-22(18(17)2)27-15-21(24)14-23(13-19-8-4-3-5-9-19)20-11-12-28(25,26)16-20/h3-10,20-21,24H,11-16H2,1-2H3. The number of ether oxygens (including phenoxy) is 1. The quantitative estimate of drug-likeness (QED) is 0.734. The molecule has 1 aliphatic heterocycles. The van der Waals surface area contributed by atoms with Crippen molar-refractivity contribution < 1.29 is 18.3 Å². The van der Waals surface area contributed by atoms with E-state index >= 15 is 0 Å². The van der Waals surface area contributed by atoms with E-state index in [1.165, 1.54) is 0 Å². The fraction of sp³-hybridized carbons (Fsp3) is 0.455. The Hall–Kier alpha value is -1.89. The maximum absolute atomic E-state index is 11.9. The monoisotopic (exact) mass is 403 g/mol. The minimum absolute atomic E-state index is 0.0689. The van der Waals surface area contributed by atoms with E-state index in [2.05, 4.69) is 4.90 Å². The number of aliphatic hydroxyl groups excluding tert-OH is 1. The van der Waals surface area contributed by atoms with Gasteiger partial charge in [0.2, 0.25) is 0 Å². The minimum Gasteiger partial charge on any atom is -0.491 e. The Balaban J connectivity index is 1.65. The highest BCUT2D eigenvalue weighted by Gasteiger charge is 2.33. The Morgan fingerprint density at radius 2 is 1.89 bits per heavy atom. The molecule has 0 aromatic heterocycles. The maximum atomic E-state index is 11.9. The van der Waals surface area contributed by atoms with Gasteiger partial charge >= 0.3 is 0 Å². The Bertz CT molecular complexity index is 883. The first-order valence-electron chi connectivity index (χ1n) is 9.69.